The van der Waals surface area contributed by atoms with Crippen molar-refractivity contribution < 1.29 is 12.8 Å². The Morgan fingerprint density at radius 2 is 1.89 bits per heavy atom. The lowest BCUT2D eigenvalue weighted by Crippen LogP contribution is -2.48. The number of nitrogens with zero attached hydrogens (tertiary/aromatic N) is 3. The minimum Gasteiger partial charge on any atom is -0.367 e. The van der Waals surface area contributed by atoms with Crippen LogP contribution >= 0.6 is 0 Å². The van der Waals surface area contributed by atoms with Gasteiger partial charge in [-0.1, -0.05) is 0 Å². The minimum atomic E-state index is -3.18. The highest BCUT2D eigenvalue weighted by molar-refractivity contribution is 7.88. The van der Waals surface area contributed by atoms with E-state index >= 15 is 0 Å². The molecular weight excluding hydrogens is 269 g/mol. The molecule has 0 radical (unpaired) electrons. The van der Waals surface area contributed by atoms with Gasteiger partial charge in [0.25, 0.3) is 0 Å². The van der Waals surface area contributed by atoms with Crippen molar-refractivity contribution in [1.82, 2.24) is 4.31 Å². The van der Waals surface area contributed by atoms with E-state index in [1.807, 2.05) is 6.07 Å². The highest BCUT2D eigenvalue weighted by Crippen LogP contribution is 2.22. The lowest BCUT2D eigenvalue weighted by molar-refractivity contribution is 0.386. The largest absolute Gasteiger partial charge is 0.367 e. The normalized spacial score (nSPS) is 17.2. The van der Waals surface area contributed by atoms with Crippen molar-refractivity contribution >= 4 is 15.7 Å². The quantitative estimate of drug-likeness (QED) is 0.804. The summed E-state index contributed by atoms with van der Waals surface area (Å²) < 4.78 is 38.0. The van der Waals surface area contributed by atoms with Crippen LogP contribution in [0, 0.1) is 17.1 Å². The van der Waals surface area contributed by atoms with Gasteiger partial charge in [0.2, 0.25) is 10.0 Å². The zero-order valence-electron chi connectivity index (χ0n) is 10.5. The first-order valence-electron chi connectivity index (χ1n) is 5.81. The smallest absolute Gasteiger partial charge is 0.211 e. The standard InChI is InChI=1S/C12H14FN3O2S/c1-19(17,18)16-6-4-15(5-7-16)12-3-2-10(9-14)8-11(12)13/h2-3,8H,4-7H2,1H3. The van der Waals surface area contributed by atoms with Crippen LogP contribution in [0.25, 0.3) is 0 Å². The Balaban J connectivity index is 2.12. The molecule has 0 N–H and O–H groups in total. The number of nitriles is 1. The van der Waals surface area contributed by atoms with Crippen molar-refractivity contribution in [2.45, 2.75) is 0 Å². The van der Waals surface area contributed by atoms with Gasteiger partial charge >= 0.3 is 0 Å². The summed E-state index contributed by atoms with van der Waals surface area (Å²) in [5, 5.41) is 8.68. The number of halogens is 1. The molecule has 1 aliphatic heterocycles. The Morgan fingerprint density at radius 3 is 2.37 bits per heavy atom. The van der Waals surface area contributed by atoms with Gasteiger partial charge in [-0.05, 0) is 18.2 Å². The summed E-state index contributed by atoms with van der Waals surface area (Å²) in [6.45, 7) is 1.57. The van der Waals surface area contributed by atoms with Crippen LogP contribution in [0.1, 0.15) is 5.56 Å². The van der Waals surface area contributed by atoms with Crippen LogP contribution in [-0.2, 0) is 10.0 Å². The number of hydrogen-bond donors (Lipinski definition) is 0. The van der Waals surface area contributed by atoms with Crippen LogP contribution in [0.5, 0.6) is 0 Å². The van der Waals surface area contributed by atoms with E-state index in [4.69, 9.17) is 5.26 Å². The molecule has 0 atom stereocenters. The molecule has 0 aromatic heterocycles. The number of piperazine rings is 1. The second-order valence-electron chi connectivity index (χ2n) is 4.43. The molecule has 0 bridgehead atoms. The fraction of sp³-hybridized carbons (Fsp3) is 0.417. The first-order valence-corrected chi connectivity index (χ1v) is 7.66. The third-order valence-corrected chi connectivity index (χ3v) is 4.43. The molecule has 0 saturated carbocycles. The molecule has 0 unspecified atom stereocenters. The fourth-order valence-corrected chi connectivity index (χ4v) is 2.92. The molecule has 1 aromatic rings. The van der Waals surface area contributed by atoms with E-state index in [1.165, 1.54) is 16.6 Å². The molecular formula is C12H14FN3O2S. The highest BCUT2D eigenvalue weighted by Gasteiger charge is 2.24. The Morgan fingerprint density at radius 1 is 1.26 bits per heavy atom. The molecule has 102 valence electrons. The predicted molar refractivity (Wildman–Crippen MR) is 69.7 cm³/mol. The summed E-state index contributed by atoms with van der Waals surface area (Å²) in [6, 6.07) is 6.19. The van der Waals surface area contributed by atoms with Crippen LogP contribution in [0.4, 0.5) is 10.1 Å². The monoisotopic (exact) mass is 283 g/mol. The molecule has 5 nitrogen and oxygen atoms in total. The van der Waals surface area contributed by atoms with Gasteiger partial charge in [0.15, 0.2) is 0 Å². The molecule has 2 rings (SSSR count). The molecule has 7 heteroatoms. The molecule has 1 heterocycles. The van der Waals surface area contributed by atoms with Crippen LogP contribution in [0.3, 0.4) is 0 Å². The molecule has 1 saturated heterocycles. The van der Waals surface area contributed by atoms with E-state index in [0.717, 1.165) is 0 Å². The van der Waals surface area contributed by atoms with Gasteiger partial charge in [-0.15, -0.1) is 0 Å². The first kappa shape index (κ1) is 13.8. The van der Waals surface area contributed by atoms with E-state index in [-0.39, 0.29) is 5.56 Å². The van der Waals surface area contributed by atoms with Gasteiger partial charge in [0, 0.05) is 26.2 Å². The summed E-state index contributed by atoms with van der Waals surface area (Å²) in [7, 11) is -3.18. The molecule has 1 fully saturated rings. The van der Waals surface area contributed by atoms with Gasteiger partial charge in [-0.2, -0.15) is 9.57 Å². The molecule has 0 amide bonds. The van der Waals surface area contributed by atoms with Crippen molar-refractivity contribution in [3.63, 3.8) is 0 Å². The van der Waals surface area contributed by atoms with Gasteiger partial charge < -0.3 is 4.90 Å². The molecule has 0 aliphatic carbocycles. The number of rotatable bonds is 2. The lowest BCUT2D eigenvalue weighted by atomic mass is 10.2. The fourth-order valence-electron chi connectivity index (χ4n) is 2.09. The number of hydrogen-bond acceptors (Lipinski definition) is 4. The van der Waals surface area contributed by atoms with Gasteiger partial charge in [0.05, 0.1) is 23.6 Å². The average molecular weight is 283 g/mol. The molecule has 19 heavy (non-hydrogen) atoms. The number of anilines is 1. The Hall–Kier alpha value is -1.65. The van der Waals surface area contributed by atoms with Crippen LogP contribution < -0.4 is 4.90 Å². The van der Waals surface area contributed by atoms with Crippen molar-refractivity contribution in [1.29, 1.82) is 5.26 Å². The van der Waals surface area contributed by atoms with Crippen LogP contribution in [-0.4, -0.2) is 45.2 Å². The Kier molecular flexibility index (Phi) is 3.73. The summed E-state index contributed by atoms with van der Waals surface area (Å²) in [5.41, 5.74) is 0.683. The third kappa shape index (κ3) is 3.03. The molecule has 0 spiro atoms. The topological polar surface area (TPSA) is 64.4 Å². The van der Waals surface area contributed by atoms with E-state index < -0.39 is 15.8 Å². The summed E-state index contributed by atoms with van der Waals surface area (Å²) in [5.74, 6) is -0.452. The van der Waals surface area contributed by atoms with E-state index in [9.17, 15) is 12.8 Å². The number of benzene rings is 1. The van der Waals surface area contributed by atoms with Crippen LogP contribution in [0.2, 0.25) is 0 Å². The maximum absolute atomic E-state index is 13.8. The van der Waals surface area contributed by atoms with Gasteiger partial charge in [0.1, 0.15) is 5.82 Å². The summed E-state index contributed by atoms with van der Waals surface area (Å²) in [4.78, 5) is 1.79. The van der Waals surface area contributed by atoms with Crippen molar-refractivity contribution in [2.24, 2.45) is 0 Å². The lowest BCUT2D eigenvalue weighted by Gasteiger charge is -2.34. The Labute approximate surface area is 111 Å². The van der Waals surface area contributed by atoms with Crippen molar-refractivity contribution in [3.05, 3.63) is 29.6 Å². The predicted octanol–water partition coefficient (Wildman–Crippen LogP) is 0.779. The molecule has 1 aromatic carbocycles. The van der Waals surface area contributed by atoms with Gasteiger partial charge in [-0.25, -0.2) is 12.8 Å². The summed E-state index contributed by atoms with van der Waals surface area (Å²) in [6.07, 6.45) is 1.17. The SMILES string of the molecule is CS(=O)(=O)N1CCN(c2ccc(C#N)cc2F)CC1. The van der Waals surface area contributed by atoms with E-state index in [1.54, 1.807) is 17.0 Å². The molecule has 1 aliphatic rings. The van der Waals surface area contributed by atoms with Gasteiger partial charge in [-0.3, -0.25) is 0 Å². The maximum Gasteiger partial charge on any atom is 0.211 e. The average Bonchev–Trinajstić information content (AvgIpc) is 2.37. The van der Waals surface area contributed by atoms with E-state index in [0.29, 0.717) is 31.9 Å². The Bertz CT molecular complexity index is 616. The zero-order valence-corrected chi connectivity index (χ0v) is 11.3. The summed E-state index contributed by atoms with van der Waals surface area (Å²) >= 11 is 0. The highest BCUT2D eigenvalue weighted by atomic mass is 32.2. The maximum atomic E-state index is 13.8. The third-order valence-electron chi connectivity index (χ3n) is 3.13. The minimum absolute atomic E-state index is 0.274. The second kappa shape index (κ2) is 5.15. The second-order valence-corrected chi connectivity index (χ2v) is 6.41. The van der Waals surface area contributed by atoms with Crippen LogP contribution in [0.15, 0.2) is 18.2 Å². The van der Waals surface area contributed by atoms with Crippen molar-refractivity contribution in [3.8, 4) is 6.07 Å². The van der Waals surface area contributed by atoms with E-state index in [2.05, 4.69) is 0 Å². The number of sulfonamides is 1. The first-order chi connectivity index (χ1) is 8.91. The zero-order chi connectivity index (χ0) is 14.0. The van der Waals surface area contributed by atoms with Crippen molar-refractivity contribution in [2.75, 3.05) is 37.3 Å².